The van der Waals surface area contributed by atoms with E-state index < -0.39 is 12.1 Å². The molecule has 19 heavy (non-hydrogen) atoms. The topological polar surface area (TPSA) is 78.4 Å². The minimum atomic E-state index is -0.549. The molecule has 0 spiro atoms. The molecule has 5 nitrogen and oxygen atoms in total. The highest BCUT2D eigenvalue weighted by atomic mass is 16.3. The molecule has 1 aromatic carbocycles. The van der Waals surface area contributed by atoms with Gasteiger partial charge in [0.2, 0.25) is 11.8 Å². The summed E-state index contributed by atoms with van der Waals surface area (Å²) in [6.45, 7) is 3.79. The SMILES string of the molecule is CC(C)C1NC(=O)C(Cc2ccc(O)cc2)NC1=O. The van der Waals surface area contributed by atoms with Crippen LogP contribution in [0.5, 0.6) is 5.75 Å². The number of piperazine rings is 1. The summed E-state index contributed by atoms with van der Waals surface area (Å²) in [5, 5.41) is 14.7. The number of hydrogen-bond acceptors (Lipinski definition) is 3. The first-order valence-corrected chi connectivity index (χ1v) is 6.36. The molecule has 1 heterocycles. The van der Waals surface area contributed by atoms with Gasteiger partial charge in [0.05, 0.1) is 0 Å². The van der Waals surface area contributed by atoms with Crippen LogP contribution in [-0.2, 0) is 16.0 Å². The van der Waals surface area contributed by atoms with E-state index in [1.165, 1.54) is 0 Å². The monoisotopic (exact) mass is 262 g/mol. The minimum Gasteiger partial charge on any atom is -0.508 e. The molecule has 0 saturated carbocycles. The van der Waals surface area contributed by atoms with Gasteiger partial charge in [0.1, 0.15) is 17.8 Å². The van der Waals surface area contributed by atoms with Crippen molar-refractivity contribution in [3.63, 3.8) is 0 Å². The average Bonchev–Trinajstić information content (AvgIpc) is 2.35. The summed E-state index contributed by atoms with van der Waals surface area (Å²) >= 11 is 0. The molecule has 1 saturated heterocycles. The van der Waals surface area contributed by atoms with Crippen LogP contribution in [0.15, 0.2) is 24.3 Å². The summed E-state index contributed by atoms with van der Waals surface area (Å²) in [5.41, 5.74) is 0.890. The largest absolute Gasteiger partial charge is 0.508 e. The van der Waals surface area contributed by atoms with E-state index in [1.54, 1.807) is 24.3 Å². The van der Waals surface area contributed by atoms with E-state index in [2.05, 4.69) is 10.6 Å². The molecule has 2 rings (SSSR count). The van der Waals surface area contributed by atoms with Crippen molar-refractivity contribution in [2.75, 3.05) is 0 Å². The van der Waals surface area contributed by atoms with Crippen molar-refractivity contribution in [3.8, 4) is 5.75 Å². The van der Waals surface area contributed by atoms with Crippen LogP contribution in [0.25, 0.3) is 0 Å². The third kappa shape index (κ3) is 3.05. The van der Waals surface area contributed by atoms with Gasteiger partial charge < -0.3 is 15.7 Å². The van der Waals surface area contributed by atoms with Crippen LogP contribution in [-0.4, -0.2) is 29.0 Å². The van der Waals surface area contributed by atoms with E-state index in [4.69, 9.17) is 0 Å². The predicted octanol–water partition coefficient (Wildman–Crippen LogP) is 0.574. The fraction of sp³-hybridized carbons (Fsp3) is 0.429. The summed E-state index contributed by atoms with van der Waals surface area (Å²) in [7, 11) is 0. The third-order valence-corrected chi connectivity index (χ3v) is 3.26. The number of rotatable bonds is 3. The lowest BCUT2D eigenvalue weighted by Crippen LogP contribution is -2.63. The van der Waals surface area contributed by atoms with Gasteiger partial charge in [-0.3, -0.25) is 9.59 Å². The van der Waals surface area contributed by atoms with Gasteiger partial charge in [-0.05, 0) is 23.6 Å². The highest BCUT2D eigenvalue weighted by Gasteiger charge is 2.34. The average molecular weight is 262 g/mol. The van der Waals surface area contributed by atoms with Gasteiger partial charge in [-0.1, -0.05) is 26.0 Å². The zero-order chi connectivity index (χ0) is 14.0. The van der Waals surface area contributed by atoms with Gasteiger partial charge in [-0.25, -0.2) is 0 Å². The predicted molar refractivity (Wildman–Crippen MR) is 70.5 cm³/mol. The molecule has 2 atom stereocenters. The summed E-state index contributed by atoms with van der Waals surface area (Å²) < 4.78 is 0. The number of phenols is 1. The van der Waals surface area contributed by atoms with Crippen molar-refractivity contribution >= 4 is 11.8 Å². The van der Waals surface area contributed by atoms with E-state index in [1.807, 2.05) is 13.8 Å². The lowest BCUT2D eigenvalue weighted by atomic mass is 9.97. The molecule has 0 aliphatic carbocycles. The summed E-state index contributed by atoms with van der Waals surface area (Å²) in [5.74, 6) is -0.0518. The van der Waals surface area contributed by atoms with Crippen LogP contribution in [0, 0.1) is 5.92 Å². The molecule has 2 amide bonds. The first-order valence-electron chi connectivity index (χ1n) is 6.36. The first kappa shape index (κ1) is 13.4. The number of hydrogen-bond donors (Lipinski definition) is 3. The van der Waals surface area contributed by atoms with Gasteiger partial charge in [0, 0.05) is 6.42 Å². The fourth-order valence-corrected chi connectivity index (χ4v) is 2.13. The maximum absolute atomic E-state index is 12.0. The van der Waals surface area contributed by atoms with Crippen LogP contribution in [0.1, 0.15) is 19.4 Å². The molecule has 102 valence electrons. The zero-order valence-electron chi connectivity index (χ0n) is 11.0. The van der Waals surface area contributed by atoms with Crippen LogP contribution in [0.3, 0.4) is 0 Å². The maximum atomic E-state index is 12.0. The fourth-order valence-electron chi connectivity index (χ4n) is 2.13. The Morgan fingerprint density at radius 1 is 1.11 bits per heavy atom. The Labute approximate surface area is 112 Å². The molecule has 3 N–H and O–H groups in total. The summed E-state index contributed by atoms with van der Waals surface area (Å²) in [6, 6.07) is 5.60. The zero-order valence-corrected chi connectivity index (χ0v) is 11.0. The molecule has 1 aliphatic heterocycles. The molecular formula is C14H18N2O3. The van der Waals surface area contributed by atoms with E-state index in [9.17, 15) is 14.7 Å². The number of nitrogens with one attached hydrogen (secondary N) is 2. The van der Waals surface area contributed by atoms with Crippen molar-refractivity contribution in [2.24, 2.45) is 5.92 Å². The number of carbonyl (C=O) groups is 2. The number of phenolic OH excluding ortho intramolecular Hbond substituents is 1. The molecule has 5 heteroatoms. The van der Waals surface area contributed by atoms with Crippen LogP contribution >= 0.6 is 0 Å². The van der Waals surface area contributed by atoms with E-state index in [0.29, 0.717) is 6.42 Å². The number of benzene rings is 1. The van der Waals surface area contributed by atoms with E-state index in [-0.39, 0.29) is 23.5 Å². The second-order valence-corrected chi connectivity index (χ2v) is 5.16. The summed E-state index contributed by atoms with van der Waals surface area (Å²) in [6.07, 6.45) is 0.419. The molecule has 0 bridgehead atoms. The van der Waals surface area contributed by atoms with Crippen LogP contribution in [0.2, 0.25) is 0 Å². The standard InChI is InChI=1S/C14H18N2O3/c1-8(2)12-14(19)15-11(13(18)16-12)7-9-3-5-10(17)6-4-9/h3-6,8,11-12,17H,7H2,1-2H3,(H,15,19)(H,16,18). The van der Waals surface area contributed by atoms with Gasteiger partial charge in [0.15, 0.2) is 0 Å². The van der Waals surface area contributed by atoms with Crippen molar-refractivity contribution in [3.05, 3.63) is 29.8 Å². The third-order valence-electron chi connectivity index (χ3n) is 3.26. The Hall–Kier alpha value is -2.04. The van der Waals surface area contributed by atoms with Gasteiger partial charge in [-0.15, -0.1) is 0 Å². The van der Waals surface area contributed by atoms with Gasteiger partial charge in [0.25, 0.3) is 0 Å². The smallest absolute Gasteiger partial charge is 0.243 e. The van der Waals surface area contributed by atoms with Crippen LogP contribution in [0.4, 0.5) is 0 Å². The van der Waals surface area contributed by atoms with E-state index >= 15 is 0 Å². The van der Waals surface area contributed by atoms with E-state index in [0.717, 1.165) is 5.56 Å². The maximum Gasteiger partial charge on any atom is 0.243 e. The second kappa shape index (κ2) is 5.30. The second-order valence-electron chi connectivity index (χ2n) is 5.16. The molecule has 1 fully saturated rings. The van der Waals surface area contributed by atoms with Crippen molar-refractivity contribution in [2.45, 2.75) is 32.4 Å². The molecule has 1 aliphatic rings. The molecule has 1 aromatic rings. The quantitative estimate of drug-likeness (QED) is 0.745. The van der Waals surface area contributed by atoms with Crippen molar-refractivity contribution < 1.29 is 14.7 Å². The van der Waals surface area contributed by atoms with Crippen LogP contribution < -0.4 is 10.6 Å². The number of carbonyl (C=O) groups excluding carboxylic acids is 2. The lowest BCUT2D eigenvalue weighted by molar-refractivity contribution is -0.137. The molecule has 2 unspecified atom stereocenters. The highest BCUT2D eigenvalue weighted by Crippen LogP contribution is 2.14. The Morgan fingerprint density at radius 2 is 1.74 bits per heavy atom. The Kier molecular flexibility index (Phi) is 3.74. The molecule has 0 radical (unpaired) electrons. The van der Waals surface area contributed by atoms with Crippen molar-refractivity contribution in [1.29, 1.82) is 0 Å². The Balaban J connectivity index is 2.04. The highest BCUT2D eigenvalue weighted by molar-refractivity contribution is 5.97. The number of aromatic hydroxyl groups is 1. The summed E-state index contributed by atoms with van der Waals surface area (Å²) in [4.78, 5) is 23.8. The number of amides is 2. The molecular weight excluding hydrogens is 244 g/mol. The minimum absolute atomic E-state index is 0.0681. The first-order chi connectivity index (χ1) is 8.97. The lowest BCUT2D eigenvalue weighted by Gasteiger charge is -2.31. The van der Waals surface area contributed by atoms with Gasteiger partial charge >= 0.3 is 0 Å². The molecule has 0 aromatic heterocycles. The van der Waals surface area contributed by atoms with Gasteiger partial charge in [-0.2, -0.15) is 0 Å². The normalized spacial score (nSPS) is 23.1. The van der Waals surface area contributed by atoms with Crippen molar-refractivity contribution in [1.82, 2.24) is 10.6 Å². The Bertz CT molecular complexity index is 482. The Morgan fingerprint density at radius 3 is 2.32 bits per heavy atom.